The van der Waals surface area contributed by atoms with Crippen molar-refractivity contribution in [2.75, 3.05) is 11.9 Å². The minimum absolute atomic E-state index is 0.122. The summed E-state index contributed by atoms with van der Waals surface area (Å²) in [5.74, 6) is 1.24. The molecule has 0 saturated heterocycles. The molecule has 11 heteroatoms. The summed E-state index contributed by atoms with van der Waals surface area (Å²) >= 11 is 0. The molecule has 2 aromatic rings. The fraction of sp³-hybridized carbons (Fsp3) is 0.600. The summed E-state index contributed by atoms with van der Waals surface area (Å²) in [5.41, 5.74) is 0.0106. The fourth-order valence-corrected chi connectivity index (χ4v) is 5.46. The van der Waals surface area contributed by atoms with Gasteiger partial charge in [0.05, 0.1) is 17.9 Å². The van der Waals surface area contributed by atoms with Crippen LogP contribution in [-0.2, 0) is 4.79 Å². The second-order valence-electron chi connectivity index (χ2n) is 10.4. The molecule has 3 aliphatic rings. The Morgan fingerprint density at radius 3 is 2.56 bits per heavy atom. The lowest BCUT2D eigenvalue weighted by Gasteiger charge is -2.41. The highest BCUT2D eigenvalue weighted by atomic mass is 19.3. The molecule has 2 N–H and O–H groups in total. The topological polar surface area (TPSA) is 99.1 Å². The van der Waals surface area contributed by atoms with E-state index in [1.54, 1.807) is 0 Å². The monoisotopic (exact) mass is 501 g/mol. The number of aromatic amines is 1. The molecular formula is C25H33F2N7O2. The smallest absolute Gasteiger partial charge is 0.269 e. The molecule has 0 aromatic carbocycles. The van der Waals surface area contributed by atoms with E-state index in [1.807, 2.05) is 6.20 Å². The number of alkyl halides is 2. The first-order chi connectivity index (χ1) is 17.3. The Morgan fingerprint density at radius 2 is 1.94 bits per heavy atom. The number of carbonyl (C=O) groups excluding carboxylic acids is 1. The molecule has 36 heavy (non-hydrogen) atoms. The van der Waals surface area contributed by atoms with Crippen LogP contribution in [0.4, 0.5) is 14.5 Å². The average Bonchev–Trinajstić information content (AvgIpc) is 3.76. The van der Waals surface area contributed by atoms with E-state index in [0.29, 0.717) is 17.5 Å². The molecule has 2 aliphatic carbocycles. The highest BCUT2D eigenvalue weighted by Crippen LogP contribution is 2.52. The number of anilines is 1. The quantitative estimate of drug-likeness (QED) is 0.490. The molecule has 0 radical (unpaired) electrons. The van der Waals surface area contributed by atoms with Crippen molar-refractivity contribution in [1.29, 1.82) is 0 Å². The number of carbonyl (C=O) groups is 1. The maximum atomic E-state index is 13.8. The number of hydrogen-bond acceptors (Lipinski definition) is 6. The number of aromatic nitrogens is 4. The Morgan fingerprint density at radius 1 is 1.22 bits per heavy atom. The molecule has 2 fully saturated rings. The molecule has 2 atom stereocenters. The lowest BCUT2D eigenvalue weighted by molar-refractivity contribution is -0.131. The molecule has 5 rings (SSSR count). The minimum Gasteiger partial charge on any atom is -0.322 e. The summed E-state index contributed by atoms with van der Waals surface area (Å²) in [6.07, 6.45) is 9.79. The zero-order chi connectivity index (χ0) is 25.4. The molecule has 2 saturated carbocycles. The van der Waals surface area contributed by atoms with Crippen LogP contribution >= 0.6 is 0 Å². The molecular weight excluding hydrogens is 468 g/mol. The van der Waals surface area contributed by atoms with Crippen LogP contribution in [0.5, 0.6) is 0 Å². The molecule has 3 heterocycles. The van der Waals surface area contributed by atoms with E-state index < -0.39 is 24.4 Å². The number of H-pyrrole nitrogens is 1. The summed E-state index contributed by atoms with van der Waals surface area (Å²) in [4.78, 5) is 26.1. The molecule has 194 valence electrons. The van der Waals surface area contributed by atoms with Gasteiger partial charge in [-0.25, -0.2) is 18.9 Å². The molecule has 9 nitrogen and oxygen atoms in total. The summed E-state index contributed by atoms with van der Waals surface area (Å²) in [6.45, 7) is 5.00. The summed E-state index contributed by atoms with van der Waals surface area (Å²) < 4.78 is 28.1. The van der Waals surface area contributed by atoms with Gasteiger partial charge in [0.1, 0.15) is 6.04 Å². The third kappa shape index (κ3) is 5.21. The van der Waals surface area contributed by atoms with Gasteiger partial charge in [0, 0.05) is 43.2 Å². The predicted octanol–water partition coefficient (Wildman–Crippen LogP) is 3.41. The van der Waals surface area contributed by atoms with Gasteiger partial charge in [0.25, 0.3) is 5.56 Å². The molecule has 1 amide bonds. The Labute approximate surface area is 208 Å². The number of nitrogens with zero attached hydrogens (tertiary/aromatic N) is 5. The van der Waals surface area contributed by atoms with Crippen LogP contribution < -0.4 is 10.9 Å². The largest absolute Gasteiger partial charge is 0.322 e. The summed E-state index contributed by atoms with van der Waals surface area (Å²) in [7, 11) is 0. The van der Waals surface area contributed by atoms with Gasteiger partial charge in [-0.15, -0.1) is 0 Å². The number of amides is 1. The van der Waals surface area contributed by atoms with Crippen molar-refractivity contribution in [2.24, 2.45) is 17.8 Å². The predicted molar refractivity (Wildman–Crippen MR) is 130 cm³/mol. The first-order valence-corrected chi connectivity index (χ1v) is 12.7. The van der Waals surface area contributed by atoms with E-state index in [-0.39, 0.29) is 29.5 Å². The van der Waals surface area contributed by atoms with E-state index in [9.17, 15) is 18.4 Å². The SMILES string of the molecule is CC(C)N1CC=CN1[C@H](C(=O)Nc1cnn([C@@H](CC(F)F)c2ccn[nH]c2=O)c1)C(C1CC1)C1CC1. The van der Waals surface area contributed by atoms with Gasteiger partial charge in [-0.05, 0) is 63.4 Å². The van der Waals surface area contributed by atoms with Crippen molar-refractivity contribution in [3.05, 3.63) is 52.9 Å². The minimum atomic E-state index is -2.64. The highest BCUT2D eigenvalue weighted by molar-refractivity contribution is 5.95. The van der Waals surface area contributed by atoms with Crippen molar-refractivity contribution >= 4 is 11.6 Å². The van der Waals surface area contributed by atoms with Crippen molar-refractivity contribution < 1.29 is 13.6 Å². The molecule has 0 spiro atoms. The van der Waals surface area contributed by atoms with Gasteiger partial charge in [0.2, 0.25) is 12.3 Å². The average molecular weight is 502 g/mol. The zero-order valence-corrected chi connectivity index (χ0v) is 20.6. The number of hydrogen-bond donors (Lipinski definition) is 2. The third-order valence-electron chi connectivity index (χ3n) is 7.40. The first kappa shape index (κ1) is 24.6. The number of rotatable bonds is 11. The van der Waals surface area contributed by atoms with Crippen LogP contribution in [-0.4, -0.2) is 61.0 Å². The van der Waals surface area contributed by atoms with Crippen molar-refractivity contribution in [3.63, 3.8) is 0 Å². The Kier molecular flexibility index (Phi) is 6.92. The van der Waals surface area contributed by atoms with Gasteiger partial charge in [0.15, 0.2) is 0 Å². The van der Waals surface area contributed by atoms with Crippen LogP contribution in [0.1, 0.15) is 57.6 Å². The molecule has 0 bridgehead atoms. The maximum absolute atomic E-state index is 13.8. The zero-order valence-electron chi connectivity index (χ0n) is 20.6. The van der Waals surface area contributed by atoms with Crippen molar-refractivity contribution in [1.82, 2.24) is 30.0 Å². The summed E-state index contributed by atoms with van der Waals surface area (Å²) in [5, 5.41) is 17.5. The second-order valence-corrected chi connectivity index (χ2v) is 10.4. The lowest BCUT2D eigenvalue weighted by atomic mass is 9.88. The van der Waals surface area contributed by atoms with Crippen LogP contribution in [0.25, 0.3) is 0 Å². The van der Waals surface area contributed by atoms with Crippen LogP contribution in [0.3, 0.4) is 0 Å². The highest BCUT2D eigenvalue weighted by Gasteiger charge is 2.51. The van der Waals surface area contributed by atoms with Crippen LogP contribution in [0.15, 0.2) is 41.7 Å². The lowest BCUT2D eigenvalue weighted by Crippen LogP contribution is -2.54. The normalized spacial score (nSPS) is 20.0. The van der Waals surface area contributed by atoms with Crippen molar-refractivity contribution in [3.8, 4) is 0 Å². The van der Waals surface area contributed by atoms with Gasteiger partial charge in [-0.2, -0.15) is 10.2 Å². The molecule has 0 unspecified atom stereocenters. The maximum Gasteiger partial charge on any atom is 0.269 e. The Balaban J connectivity index is 1.40. The van der Waals surface area contributed by atoms with Gasteiger partial charge >= 0.3 is 0 Å². The number of halogens is 2. The summed E-state index contributed by atoms with van der Waals surface area (Å²) in [6, 6.07) is 0.319. The van der Waals surface area contributed by atoms with Gasteiger partial charge in [-0.3, -0.25) is 19.3 Å². The Hall–Kier alpha value is -3.08. The van der Waals surface area contributed by atoms with Gasteiger partial charge < -0.3 is 5.32 Å². The van der Waals surface area contributed by atoms with Crippen molar-refractivity contribution in [2.45, 2.75) is 70.5 Å². The number of hydrazine groups is 1. The van der Waals surface area contributed by atoms with E-state index in [2.05, 4.69) is 50.6 Å². The van der Waals surface area contributed by atoms with E-state index >= 15 is 0 Å². The van der Waals surface area contributed by atoms with E-state index in [0.717, 1.165) is 32.2 Å². The van der Waals surface area contributed by atoms with Crippen LogP contribution in [0.2, 0.25) is 0 Å². The second kappa shape index (κ2) is 10.1. The van der Waals surface area contributed by atoms with E-state index in [1.165, 1.54) is 29.3 Å². The van der Waals surface area contributed by atoms with E-state index in [4.69, 9.17) is 0 Å². The standard InChI is InChI=1S/C25H33F2N7O2/c1-15(2)33-10-3-11-34(33)23(22(16-4-5-16)17-6-7-17)25(36)30-18-13-29-32(14-18)20(12-21(26)27)19-8-9-28-31-24(19)35/h3,8-9,11,13-17,20-23H,4-7,10,12H2,1-2H3,(H,30,36)(H,31,35)/t20-,23-/m0/s1. The molecule has 2 aromatic heterocycles. The molecule has 1 aliphatic heterocycles. The Bertz CT molecular complexity index is 1140. The first-order valence-electron chi connectivity index (χ1n) is 12.7. The van der Waals surface area contributed by atoms with Gasteiger partial charge in [-0.1, -0.05) is 6.08 Å². The third-order valence-corrected chi connectivity index (χ3v) is 7.40. The number of nitrogens with one attached hydrogen (secondary N) is 2. The fourth-order valence-electron chi connectivity index (χ4n) is 5.46. The van der Waals surface area contributed by atoms with Crippen LogP contribution in [0, 0.1) is 17.8 Å².